The minimum absolute atomic E-state index is 0.107. The highest BCUT2D eigenvalue weighted by Gasteiger charge is 2.05. The summed E-state index contributed by atoms with van der Waals surface area (Å²) in [5.41, 5.74) is 1.89. The molecule has 1 rings (SSSR count). The van der Waals surface area contributed by atoms with Gasteiger partial charge in [0.25, 0.3) is 0 Å². The van der Waals surface area contributed by atoms with Gasteiger partial charge < -0.3 is 10.6 Å². The van der Waals surface area contributed by atoms with Crippen LogP contribution in [0.4, 0.5) is 5.69 Å². The Morgan fingerprint density at radius 2 is 1.63 bits per heavy atom. The summed E-state index contributed by atoms with van der Waals surface area (Å²) in [5, 5.41) is 8.29. The molecule has 0 saturated heterocycles. The Hall–Kier alpha value is -1.88. The number of hydrogen-bond acceptors (Lipinski definition) is 3. The highest BCUT2D eigenvalue weighted by molar-refractivity contribution is 5.92. The van der Waals surface area contributed by atoms with E-state index in [1.165, 1.54) is 0 Å². The van der Waals surface area contributed by atoms with Gasteiger partial charge in [-0.1, -0.05) is 17.7 Å². The molecular weight excluding hydrogens is 242 g/mol. The Bertz CT molecular complexity index is 427. The highest BCUT2D eigenvalue weighted by atomic mass is 16.2. The molecule has 5 nitrogen and oxygen atoms in total. The molecule has 0 saturated carbocycles. The first-order valence-corrected chi connectivity index (χ1v) is 6.34. The van der Waals surface area contributed by atoms with E-state index in [-0.39, 0.29) is 30.9 Å². The molecule has 0 radical (unpaired) electrons. The molecule has 0 heterocycles. The molecule has 1 aromatic rings. The number of anilines is 1. The minimum Gasteiger partial charge on any atom is -0.353 e. The van der Waals surface area contributed by atoms with Crippen molar-refractivity contribution in [1.29, 1.82) is 0 Å². The molecule has 0 aliphatic carbocycles. The van der Waals surface area contributed by atoms with Gasteiger partial charge in [0.05, 0.1) is 13.1 Å². The number of carbonyl (C=O) groups excluding carboxylic acids is 2. The molecule has 0 atom stereocenters. The molecule has 0 aromatic heterocycles. The molecule has 0 unspecified atom stereocenters. The second kappa shape index (κ2) is 7.53. The van der Waals surface area contributed by atoms with Crippen LogP contribution in [0.25, 0.3) is 0 Å². The van der Waals surface area contributed by atoms with E-state index in [0.29, 0.717) is 0 Å². The highest BCUT2D eigenvalue weighted by Crippen LogP contribution is 2.07. The van der Waals surface area contributed by atoms with E-state index in [2.05, 4.69) is 16.0 Å². The molecule has 3 N–H and O–H groups in total. The molecule has 2 amide bonds. The maximum atomic E-state index is 11.6. The second-order valence-corrected chi connectivity index (χ2v) is 4.74. The van der Waals surface area contributed by atoms with E-state index in [4.69, 9.17) is 0 Å². The van der Waals surface area contributed by atoms with Crippen molar-refractivity contribution in [3.05, 3.63) is 29.8 Å². The smallest absolute Gasteiger partial charge is 0.238 e. The Labute approximate surface area is 113 Å². The van der Waals surface area contributed by atoms with Crippen molar-refractivity contribution in [3.63, 3.8) is 0 Å². The number of benzene rings is 1. The summed E-state index contributed by atoms with van der Waals surface area (Å²) in [4.78, 5) is 22.9. The number of carbonyl (C=O) groups is 2. The van der Waals surface area contributed by atoms with Crippen molar-refractivity contribution >= 4 is 17.5 Å². The summed E-state index contributed by atoms with van der Waals surface area (Å²) >= 11 is 0. The molecule has 1 aromatic carbocycles. The summed E-state index contributed by atoms with van der Waals surface area (Å²) < 4.78 is 0. The van der Waals surface area contributed by atoms with Crippen LogP contribution in [0.3, 0.4) is 0 Å². The number of rotatable bonds is 6. The summed E-state index contributed by atoms with van der Waals surface area (Å²) in [6.45, 7) is 6.02. The Morgan fingerprint density at radius 3 is 2.21 bits per heavy atom. The maximum Gasteiger partial charge on any atom is 0.238 e. The molecule has 0 spiro atoms. The molecule has 0 fully saturated rings. The largest absolute Gasteiger partial charge is 0.353 e. The van der Waals surface area contributed by atoms with Crippen LogP contribution in [0, 0.1) is 6.92 Å². The van der Waals surface area contributed by atoms with Crippen LogP contribution in [0.15, 0.2) is 24.3 Å². The maximum absolute atomic E-state index is 11.6. The molecule has 0 aliphatic heterocycles. The zero-order valence-electron chi connectivity index (χ0n) is 11.6. The lowest BCUT2D eigenvalue weighted by atomic mass is 10.2. The third-order valence-corrected chi connectivity index (χ3v) is 2.36. The SMILES string of the molecule is Cc1ccc(NC(=O)CNCC(=O)NC(C)C)cc1. The van der Waals surface area contributed by atoms with Gasteiger partial charge in [-0.3, -0.25) is 14.9 Å². The third-order valence-electron chi connectivity index (χ3n) is 2.36. The van der Waals surface area contributed by atoms with Crippen LogP contribution in [-0.2, 0) is 9.59 Å². The van der Waals surface area contributed by atoms with E-state index < -0.39 is 0 Å². The van der Waals surface area contributed by atoms with Gasteiger partial charge in [0.15, 0.2) is 0 Å². The Balaban J connectivity index is 2.25. The second-order valence-electron chi connectivity index (χ2n) is 4.74. The summed E-state index contributed by atoms with van der Waals surface area (Å²) in [6.07, 6.45) is 0. The molecule has 19 heavy (non-hydrogen) atoms. The normalized spacial score (nSPS) is 10.3. The predicted octanol–water partition coefficient (Wildman–Crippen LogP) is 1.05. The lowest BCUT2D eigenvalue weighted by molar-refractivity contribution is -0.120. The van der Waals surface area contributed by atoms with Gasteiger partial charge in [-0.05, 0) is 32.9 Å². The van der Waals surface area contributed by atoms with Gasteiger partial charge in [-0.15, -0.1) is 0 Å². The van der Waals surface area contributed by atoms with Crippen molar-refractivity contribution in [1.82, 2.24) is 10.6 Å². The van der Waals surface area contributed by atoms with Gasteiger partial charge >= 0.3 is 0 Å². The van der Waals surface area contributed by atoms with Crippen molar-refractivity contribution in [2.75, 3.05) is 18.4 Å². The number of amides is 2. The first kappa shape index (κ1) is 15.2. The standard InChI is InChI=1S/C14H21N3O2/c1-10(2)16-13(18)8-15-9-14(19)17-12-6-4-11(3)5-7-12/h4-7,10,15H,8-9H2,1-3H3,(H,16,18)(H,17,19). The van der Waals surface area contributed by atoms with Crippen LogP contribution < -0.4 is 16.0 Å². The van der Waals surface area contributed by atoms with E-state index in [0.717, 1.165) is 11.3 Å². The fourth-order valence-corrected chi connectivity index (χ4v) is 1.50. The lowest BCUT2D eigenvalue weighted by Gasteiger charge is -2.09. The molecule has 0 aliphatic rings. The van der Waals surface area contributed by atoms with Crippen molar-refractivity contribution in [2.45, 2.75) is 26.8 Å². The average molecular weight is 263 g/mol. The monoisotopic (exact) mass is 263 g/mol. The first-order valence-electron chi connectivity index (χ1n) is 6.34. The van der Waals surface area contributed by atoms with Gasteiger partial charge in [0, 0.05) is 11.7 Å². The lowest BCUT2D eigenvalue weighted by Crippen LogP contribution is -2.40. The van der Waals surface area contributed by atoms with Crippen molar-refractivity contribution < 1.29 is 9.59 Å². The fourth-order valence-electron chi connectivity index (χ4n) is 1.50. The molecular formula is C14H21N3O2. The van der Waals surface area contributed by atoms with Crippen LogP contribution >= 0.6 is 0 Å². The molecule has 104 valence electrons. The van der Waals surface area contributed by atoms with Gasteiger partial charge in [0.1, 0.15) is 0 Å². The first-order chi connectivity index (χ1) is 8.97. The van der Waals surface area contributed by atoms with Gasteiger partial charge in [0.2, 0.25) is 11.8 Å². The van der Waals surface area contributed by atoms with E-state index >= 15 is 0 Å². The Kier molecular flexibility index (Phi) is 6.02. The zero-order chi connectivity index (χ0) is 14.3. The van der Waals surface area contributed by atoms with Crippen molar-refractivity contribution in [2.24, 2.45) is 0 Å². The summed E-state index contributed by atoms with van der Waals surface area (Å²) in [7, 11) is 0. The zero-order valence-corrected chi connectivity index (χ0v) is 11.6. The number of aryl methyl sites for hydroxylation is 1. The van der Waals surface area contributed by atoms with E-state index in [1.807, 2.05) is 45.0 Å². The minimum atomic E-state index is -0.166. The summed E-state index contributed by atoms with van der Waals surface area (Å²) in [5.74, 6) is -0.278. The van der Waals surface area contributed by atoms with E-state index in [1.54, 1.807) is 0 Å². The van der Waals surface area contributed by atoms with E-state index in [9.17, 15) is 9.59 Å². The topological polar surface area (TPSA) is 70.2 Å². The van der Waals surface area contributed by atoms with Crippen LogP contribution in [0.2, 0.25) is 0 Å². The molecule has 5 heteroatoms. The van der Waals surface area contributed by atoms with Crippen LogP contribution in [0.1, 0.15) is 19.4 Å². The third kappa shape index (κ3) is 6.57. The Morgan fingerprint density at radius 1 is 1.05 bits per heavy atom. The number of hydrogen-bond donors (Lipinski definition) is 3. The van der Waals surface area contributed by atoms with Crippen LogP contribution in [0.5, 0.6) is 0 Å². The van der Waals surface area contributed by atoms with Crippen LogP contribution in [-0.4, -0.2) is 30.9 Å². The average Bonchev–Trinajstić information content (AvgIpc) is 2.31. The van der Waals surface area contributed by atoms with Gasteiger partial charge in [-0.25, -0.2) is 0 Å². The fraction of sp³-hybridized carbons (Fsp3) is 0.429. The summed E-state index contributed by atoms with van der Waals surface area (Å²) in [6, 6.07) is 7.66. The quantitative estimate of drug-likeness (QED) is 0.718. The predicted molar refractivity (Wildman–Crippen MR) is 76.0 cm³/mol. The number of nitrogens with one attached hydrogen (secondary N) is 3. The molecule has 0 bridgehead atoms. The van der Waals surface area contributed by atoms with Gasteiger partial charge in [-0.2, -0.15) is 0 Å². The van der Waals surface area contributed by atoms with Crippen molar-refractivity contribution in [3.8, 4) is 0 Å².